The Kier molecular flexibility index (Phi) is 9.62. The molecule has 1 heterocycles. The third kappa shape index (κ3) is 7.43. The highest BCUT2D eigenvalue weighted by molar-refractivity contribution is 4.88. The Morgan fingerprint density at radius 1 is 1.18 bits per heavy atom. The van der Waals surface area contributed by atoms with Crippen molar-refractivity contribution in [2.75, 3.05) is 33.4 Å². The van der Waals surface area contributed by atoms with Crippen molar-refractivity contribution < 1.29 is 9.47 Å². The van der Waals surface area contributed by atoms with Crippen LogP contribution < -0.4 is 5.32 Å². The first-order chi connectivity index (χ1) is 10.5. The van der Waals surface area contributed by atoms with Gasteiger partial charge in [-0.15, -0.1) is 0 Å². The number of ether oxygens (including phenoxy) is 2. The van der Waals surface area contributed by atoms with Gasteiger partial charge in [-0.1, -0.05) is 34.1 Å². The summed E-state index contributed by atoms with van der Waals surface area (Å²) in [7, 11) is 1.77. The highest BCUT2D eigenvalue weighted by atomic mass is 16.5. The summed E-state index contributed by atoms with van der Waals surface area (Å²) in [6.07, 6.45) is 8.03. The molecule has 3 nitrogen and oxygen atoms in total. The molecule has 0 unspecified atom stereocenters. The lowest BCUT2D eigenvalue weighted by Gasteiger charge is -2.43. The Balaban J connectivity index is 2.47. The van der Waals surface area contributed by atoms with Gasteiger partial charge in [0.05, 0.1) is 6.10 Å². The summed E-state index contributed by atoms with van der Waals surface area (Å²) in [6.45, 7) is 13.3. The van der Waals surface area contributed by atoms with Crippen LogP contribution in [0.5, 0.6) is 0 Å². The molecule has 0 saturated carbocycles. The Morgan fingerprint density at radius 3 is 2.59 bits per heavy atom. The molecule has 3 heteroatoms. The Hall–Kier alpha value is -0.120. The van der Waals surface area contributed by atoms with Crippen molar-refractivity contribution in [3.8, 4) is 0 Å². The molecule has 1 aliphatic rings. The molecule has 0 spiro atoms. The van der Waals surface area contributed by atoms with Crippen LogP contribution in [0.2, 0.25) is 0 Å². The van der Waals surface area contributed by atoms with Gasteiger partial charge in [0, 0.05) is 20.3 Å². The van der Waals surface area contributed by atoms with E-state index in [9.17, 15) is 0 Å². The molecule has 1 fully saturated rings. The predicted molar refractivity (Wildman–Crippen MR) is 94.3 cm³/mol. The van der Waals surface area contributed by atoms with Crippen LogP contribution in [-0.4, -0.2) is 39.5 Å². The van der Waals surface area contributed by atoms with E-state index in [1.54, 1.807) is 7.11 Å². The summed E-state index contributed by atoms with van der Waals surface area (Å²) in [5.41, 5.74) is 0.492. The second-order valence-corrected chi connectivity index (χ2v) is 7.89. The van der Waals surface area contributed by atoms with Crippen LogP contribution in [0.25, 0.3) is 0 Å². The maximum absolute atomic E-state index is 6.02. The molecular formula is C19H39NO2. The number of nitrogens with one attached hydrogen (secondary N) is 1. The van der Waals surface area contributed by atoms with E-state index in [1.165, 1.54) is 32.1 Å². The van der Waals surface area contributed by atoms with Gasteiger partial charge in [-0.2, -0.15) is 0 Å². The molecule has 132 valence electrons. The number of methoxy groups -OCH3 is 1. The number of rotatable bonds is 11. The molecule has 0 aromatic rings. The maximum Gasteiger partial charge on any atom is 0.0603 e. The summed E-state index contributed by atoms with van der Waals surface area (Å²) in [5.74, 6) is 1.43. The van der Waals surface area contributed by atoms with E-state index in [0.717, 1.165) is 38.6 Å². The Morgan fingerprint density at radius 2 is 1.95 bits per heavy atom. The van der Waals surface area contributed by atoms with Crippen LogP contribution in [0.4, 0.5) is 0 Å². The van der Waals surface area contributed by atoms with Crippen molar-refractivity contribution in [3.63, 3.8) is 0 Å². The highest BCUT2D eigenvalue weighted by Gasteiger charge is 2.37. The number of hydrogen-bond donors (Lipinski definition) is 1. The minimum absolute atomic E-state index is 0.453. The standard InChI is InChI=1S/C19H39NO2/c1-16(2)7-8-19(9-12-20-11-6-13-21-5)10-14-22-18(15-19)17(3)4/h16-18,20H,6-15H2,1-5H3/t18-,19+/m1/s1. The van der Waals surface area contributed by atoms with Crippen LogP contribution in [0.15, 0.2) is 0 Å². The molecule has 1 N–H and O–H groups in total. The molecule has 1 aliphatic heterocycles. The lowest BCUT2D eigenvalue weighted by molar-refractivity contribution is -0.0761. The second-order valence-electron chi connectivity index (χ2n) is 7.89. The molecule has 1 rings (SSSR count). The smallest absolute Gasteiger partial charge is 0.0603 e. The fourth-order valence-corrected chi connectivity index (χ4v) is 3.44. The minimum atomic E-state index is 0.453. The van der Waals surface area contributed by atoms with Gasteiger partial charge in [-0.25, -0.2) is 0 Å². The van der Waals surface area contributed by atoms with E-state index in [2.05, 4.69) is 33.0 Å². The molecular weight excluding hydrogens is 274 g/mol. The van der Waals surface area contributed by atoms with Crippen LogP contribution in [0.1, 0.15) is 66.2 Å². The van der Waals surface area contributed by atoms with E-state index in [1.807, 2.05) is 0 Å². The third-order valence-electron chi connectivity index (χ3n) is 5.13. The molecule has 0 aliphatic carbocycles. The average Bonchev–Trinajstić information content (AvgIpc) is 2.49. The molecule has 0 amide bonds. The van der Waals surface area contributed by atoms with Gasteiger partial charge in [-0.3, -0.25) is 0 Å². The Bertz CT molecular complexity index is 281. The maximum atomic E-state index is 6.02. The highest BCUT2D eigenvalue weighted by Crippen LogP contribution is 2.43. The predicted octanol–water partition coefficient (Wildman–Crippen LogP) is 4.26. The first-order valence-corrected chi connectivity index (χ1v) is 9.30. The zero-order valence-electron chi connectivity index (χ0n) is 15.6. The van der Waals surface area contributed by atoms with Gasteiger partial charge in [0.25, 0.3) is 0 Å². The molecule has 22 heavy (non-hydrogen) atoms. The van der Waals surface area contributed by atoms with Gasteiger partial charge >= 0.3 is 0 Å². The van der Waals surface area contributed by atoms with Crippen LogP contribution in [0.3, 0.4) is 0 Å². The summed E-state index contributed by atoms with van der Waals surface area (Å²) in [5, 5.41) is 3.60. The fourth-order valence-electron chi connectivity index (χ4n) is 3.44. The van der Waals surface area contributed by atoms with E-state index >= 15 is 0 Å². The van der Waals surface area contributed by atoms with E-state index in [0.29, 0.717) is 17.4 Å². The Labute approximate surface area is 138 Å². The molecule has 0 aromatic carbocycles. The van der Waals surface area contributed by atoms with Gasteiger partial charge in [0.1, 0.15) is 0 Å². The molecule has 2 atom stereocenters. The number of hydrogen-bond acceptors (Lipinski definition) is 3. The molecule has 0 radical (unpaired) electrons. The molecule has 0 aromatic heterocycles. The van der Waals surface area contributed by atoms with Crippen molar-refractivity contribution >= 4 is 0 Å². The normalized spacial score (nSPS) is 26.0. The van der Waals surface area contributed by atoms with Crippen LogP contribution in [-0.2, 0) is 9.47 Å². The van der Waals surface area contributed by atoms with Gasteiger partial charge in [0.2, 0.25) is 0 Å². The lowest BCUT2D eigenvalue weighted by atomic mass is 9.69. The van der Waals surface area contributed by atoms with Crippen molar-refractivity contribution in [2.45, 2.75) is 72.3 Å². The van der Waals surface area contributed by atoms with Crippen LogP contribution >= 0.6 is 0 Å². The van der Waals surface area contributed by atoms with Crippen molar-refractivity contribution in [1.82, 2.24) is 5.32 Å². The van der Waals surface area contributed by atoms with E-state index in [4.69, 9.17) is 9.47 Å². The lowest BCUT2D eigenvalue weighted by Crippen LogP contribution is -2.40. The van der Waals surface area contributed by atoms with Crippen molar-refractivity contribution in [2.24, 2.45) is 17.3 Å². The van der Waals surface area contributed by atoms with Crippen molar-refractivity contribution in [1.29, 1.82) is 0 Å². The quantitative estimate of drug-likeness (QED) is 0.578. The summed E-state index contributed by atoms with van der Waals surface area (Å²) < 4.78 is 11.1. The monoisotopic (exact) mass is 313 g/mol. The summed E-state index contributed by atoms with van der Waals surface area (Å²) in [6, 6.07) is 0. The van der Waals surface area contributed by atoms with E-state index < -0.39 is 0 Å². The van der Waals surface area contributed by atoms with Gasteiger partial charge in [-0.05, 0) is 62.4 Å². The summed E-state index contributed by atoms with van der Waals surface area (Å²) in [4.78, 5) is 0. The van der Waals surface area contributed by atoms with Crippen LogP contribution in [0, 0.1) is 17.3 Å². The SMILES string of the molecule is COCCCNCC[C@@]1(CCC(C)C)CCO[C@@H](C(C)C)C1. The average molecular weight is 314 g/mol. The summed E-state index contributed by atoms with van der Waals surface area (Å²) >= 11 is 0. The first-order valence-electron chi connectivity index (χ1n) is 9.30. The topological polar surface area (TPSA) is 30.5 Å². The molecule has 0 bridgehead atoms. The zero-order chi connectivity index (χ0) is 16.4. The van der Waals surface area contributed by atoms with Gasteiger partial charge < -0.3 is 14.8 Å². The largest absolute Gasteiger partial charge is 0.385 e. The second kappa shape index (κ2) is 10.6. The minimum Gasteiger partial charge on any atom is -0.385 e. The zero-order valence-corrected chi connectivity index (χ0v) is 15.6. The fraction of sp³-hybridized carbons (Fsp3) is 1.00. The van der Waals surface area contributed by atoms with Crippen molar-refractivity contribution in [3.05, 3.63) is 0 Å². The first kappa shape index (κ1) is 19.9. The van der Waals surface area contributed by atoms with E-state index in [-0.39, 0.29) is 0 Å². The van der Waals surface area contributed by atoms with Gasteiger partial charge in [0.15, 0.2) is 0 Å². The molecule has 1 saturated heterocycles. The third-order valence-corrected chi connectivity index (χ3v) is 5.13.